The van der Waals surface area contributed by atoms with Crippen LogP contribution in [0.3, 0.4) is 0 Å². The molecule has 3 aromatic rings. The fourth-order valence-corrected chi connectivity index (χ4v) is 3.95. The van der Waals surface area contributed by atoms with Crippen molar-refractivity contribution in [2.24, 2.45) is 0 Å². The summed E-state index contributed by atoms with van der Waals surface area (Å²) in [7, 11) is 1.60. The Morgan fingerprint density at radius 2 is 1.70 bits per heavy atom. The molecule has 0 bridgehead atoms. The van der Waals surface area contributed by atoms with Crippen LogP contribution in [-0.4, -0.2) is 76.0 Å². The van der Waals surface area contributed by atoms with Crippen LogP contribution in [0.1, 0.15) is 27.3 Å². The lowest BCUT2D eigenvalue weighted by atomic mass is 10.2. The van der Waals surface area contributed by atoms with Crippen molar-refractivity contribution in [1.82, 2.24) is 24.3 Å². The Balaban J connectivity index is 1.52. The fourth-order valence-electron chi connectivity index (χ4n) is 3.83. The molecule has 2 amide bonds. The van der Waals surface area contributed by atoms with Crippen LogP contribution in [0.15, 0.2) is 47.4 Å². The van der Waals surface area contributed by atoms with Crippen molar-refractivity contribution < 1.29 is 14.3 Å². The predicted octanol–water partition coefficient (Wildman–Crippen LogP) is 2.08. The molecule has 1 fully saturated rings. The summed E-state index contributed by atoms with van der Waals surface area (Å²) in [5.74, 6) is -0.556. The number of amides is 2. The lowest BCUT2D eigenvalue weighted by Crippen LogP contribution is -2.51. The number of piperazine rings is 1. The Morgan fingerprint density at radius 3 is 2.36 bits per heavy atom. The van der Waals surface area contributed by atoms with Crippen molar-refractivity contribution >= 4 is 34.6 Å². The second kappa shape index (κ2) is 10.1. The van der Waals surface area contributed by atoms with Crippen LogP contribution in [-0.2, 0) is 11.3 Å². The zero-order chi connectivity index (χ0) is 23.4. The first-order valence-electron chi connectivity index (χ1n) is 10.7. The molecule has 0 N–H and O–H groups in total. The largest absolute Gasteiger partial charge is 0.385 e. The van der Waals surface area contributed by atoms with Crippen molar-refractivity contribution in [1.29, 1.82) is 0 Å². The maximum Gasteiger partial charge on any atom is 0.283 e. The van der Waals surface area contributed by atoms with Crippen molar-refractivity contribution in [2.75, 3.05) is 39.9 Å². The molecule has 0 spiro atoms. The Hall–Kier alpha value is -3.30. The van der Waals surface area contributed by atoms with Gasteiger partial charge in [0.15, 0.2) is 11.3 Å². The highest BCUT2D eigenvalue weighted by molar-refractivity contribution is 6.30. The summed E-state index contributed by atoms with van der Waals surface area (Å²) in [5, 5.41) is 0.563. The quantitative estimate of drug-likeness (QED) is 0.513. The van der Waals surface area contributed by atoms with Crippen molar-refractivity contribution in [3.63, 3.8) is 0 Å². The second-order valence-electron chi connectivity index (χ2n) is 7.70. The second-order valence-corrected chi connectivity index (χ2v) is 8.14. The van der Waals surface area contributed by atoms with Gasteiger partial charge < -0.3 is 14.5 Å². The smallest absolute Gasteiger partial charge is 0.283 e. The first-order chi connectivity index (χ1) is 16.0. The van der Waals surface area contributed by atoms with Crippen LogP contribution in [0.4, 0.5) is 0 Å². The van der Waals surface area contributed by atoms with E-state index in [1.165, 1.54) is 4.57 Å². The summed E-state index contributed by atoms with van der Waals surface area (Å²) >= 11 is 5.90. The van der Waals surface area contributed by atoms with Crippen molar-refractivity contribution in [2.45, 2.75) is 13.0 Å². The molecule has 9 nitrogen and oxygen atoms in total. The normalized spacial score (nSPS) is 14.0. The summed E-state index contributed by atoms with van der Waals surface area (Å²) in [6.45, 7) is 2.21. The average Bonchev–Trinajstić information content (AvgIpc) is 2.85. The lowest BCUT2D eigenvalue weighted by Gasteiger charge is -2.34. The molecule has 1 aliphatic rings. The van der Waals surface area contributed by atoms with E-state index in [4.69, 9.17) is 16.3 Å². The minimum atomic E-state index is -0.470. The van der Waals surface area contributed by atoms with Gasteiger partial charge in [0, 0.05) is 63.2 Å². The molecule has 3 heterocycles. The molecule has 1 aromatic carbocycles. The first-order valence-corrected chi connectivity index (χ1v) is 11.1. The number of fused-ring (bicyclic) bond motifs is 1. The summed E-state index contributed by atoms with van der Waals surface area (Å²) in [4.78, 5) is 51.0. The van der Waals surface area contributed by atoms with Gasteiger partial charge in [-0.05, 0) is 42.8 Å². The number of hydrogen-bond acceptors (Lipinski definition) is 6. The number of carbonyl (C=O) groups excluding carboxylic acids is 2. The molecular formula is C23H24ClN5O4. The van der Waals surface area contributed by atoms with Gasteiger partial charge in [0.2, 0.25) is 0 Å². The maximum atomic E-state index is 13.2. The third kappa shape index (κ3) is 4.89. The van der Waals surface area contributed by atoms with Gasteiger partial charge in [-0.15, -0.1) is 0 Å². The van der Waals surface area contributed by atoms with Gasteiger partial charge >= 0.3 is 0 Å². The topological polar surface area (TPSA) is 97.6 Å². The van der Waals surface area contributed by atoms with Gasteiger partial charge in [-0.25, -0.2) is 9.97 Å². The van der Waals surface area contributed by atoms with Gasteiger partial charge in [-0.2, -0.15) is 0 Å². The summed E-state index contributed by atoms with van der Waals surface area (Å²) in [5.41, 5.74) is 0.858. The van der Waals surface area contributed by atoms with E-state index in [-0.39, 0.29) is 11.6 Å². The van der Waals surface area contributed by atoms with E-state index in [9.17, 15) is 14.4 Å². The number of hydrogen-bond donors (Lipinski definition) is 0. The molecule has 33 heavy (non-hydrogen) atoms. The van der Waals surface area contributed by atoms with Gasteiger partial charge in [0.1, 0.15) is 5.52 Å². The Morgan fingerprint density at radius 1 is 1.03 bits per heavy atom. The number of aryl methyl sites for hydroxylation is 1. The standard InChI is InChI=1S/C23H24ClN5O4/c1-33-15-3-10-29-20-18(4-2-9-25-20)26-19(23(29)32)22(31)28-13-11-27(12-14-28)21(30)16-5-7-17(24)8-6-16/h2,4-9H,3,10-15H2,1H3. The highest BCUT2D eigenvalue weighted by Gasteiger charge is 2.28. The molecule has 2 aromatic heterocycles. The average molecular weight is 470 g/mol. The number of methoxy groups -OCH3 is 1. The number of ether oxygens (including phenoxy) is 1. The van der Waals surface area contributed by atoms with Crippen LogP contribution < -0.4 is 5.56 Å². The van der Waals surface area contributed by atoms with Crippen LogP contribution in [0.2, 0.25) is 5.02 Å². The van der Waals surface area contributed by atoms with Gasteiger partial charge in [0.25, 0.3) is 17.4 Å². The van der Waals surface area contributed by atoms with E-state index in [0.29, 0.717) is 67.5 Å². The first kappa shape index (κ1) is 22.9. The monoisotopic (exact) mass is 469 g/mol. The molecule has 1 aliphatic heterocycles. The number of carbonyl (C=O) groups is 2. The van der Waals surface area contributed by atoms with Crippen molar-refractivity contribution in [3.8, 4) is 0 Å². The highest BCUT2D eigenvalue weighted by atomic mass is 35.5. The molecule has 10 heteroatoms. The Kier molecular flexibility index (Phi) is 7.00. The molecule has 0 aliphatic carbocycles. The molecule has 1 saturated heterocycles. The summed E-state index contributed by atoms with van der Waals surface area (Å²) in [6, 6.07) is 10.2. The van der Waals surface area contributed by atoms with E-state index in [1.54, 1.807) is 59.5 Å². The van der Waals surface area contributed by atoms with E-state index in [1.807, 2.05) is 0 Å². The van der Waals surface area contributed by atoms with Crippen molar-refractivity contribution in [3.05, 3.63) is 69.2 Å². The molecule has 0 saturated carbocycles. The van der Waals surface area contributed by atoms with E-state index in [2.05, 4.69) is 9.97 Å². The van der Waals surface area contributed by atoms with Gasteiger partial charge in [-0.3, -0.25) is 19.0 Å². The Bertz CT molecular complexity index is 1220. The lowest BCUT2D eigenvalue weighted by molar-refractivity contribution is 0.0531. The molecule has 172 valence electrons. The number of benzene rings is 1. The maximum absolute atomic E-state index is 13.2. The third-order valence-corrected chi connectivity index (χ3v) is 5.83. The zero-order valence-corrected chi connectivity index (χ0v) is 19.0. The SMILES string of the molecule is COCCCn1c(=O)c(C(=O)N2CCN(C(=O)c3ccc(Cl)cc3)CC2)nc2cccnc21. The third-order valence-electron chi connectivity index (χ3n) is 5.58. The molecule has 0 unspecified atom stereocenters. The van der Waals surface area contributed by atoms with Gasteiger partial charge in [-0.1, -0.05) is 11.6 Å². The van der Waals surface area contributed by atoms with Gasteiger partial charge in [0.05, 0.1) is 0 Å². The predicted molar refractivity (Wildman–Crippen MR) is 124 cm³/mol. The van der Waals surface area contributed by atoms with E-state index in [0.717, 1.165) is 0 Å². The highest BCUT2D eigenvalue weighted by Crippen LogP contribution is 2.15. The minimum absolute atomic E-state index is 0.117. The molecular weight excluding hydrogens is 446 g/mol. The van der Waals surface area contributed by atoms with E-state index < -0.39 is 11.5 Å². The number of nitrogens with zero attached hydrogens (tertiary/aromatic N) is 5. The molecule has 0 radical (unpaired) electrons. The van der Waals surface area contributed by atoms with Crippen LogP contribution in [0.5, 0.6) is 0 Å². The number of aromatic nitrogens is 3. The van der Waals surface area contributed by atoms with E-state index >= 15 is 0 Å². The summed E-state index contributed by atoms with van der Waals surface area (Å²) < 4.78 is 6.57. The fraction of sp³-hybridized carbons (Fsp3) is 0.348. The van der Waals surface area contributed by atoms with Crippen LogP contribution >= 0.6 is 11.6 Å². The zero-order valence-electron chi connectivity index (χ0n) is 18.2. The molecule has 4 rings (SSSR count). The Labute approximate surface area is 195 Å². The number of rotatable bonds is 6. The van der Waals surface area contributed by atoms with Crippen LogP contribution in [0, 0.1) is 0 Å². The summed E-state index contributed by atoms with van der Waals surface area (Å²) in [6.07, 6.45) is 2.19. The van der Waals surface area contributed by atoms with Crippen LogP contribution in [0.25, 0.3) is 11.2 Å². The number of pyridine rings is 1. The molecule has 0 atom stereocenters. The number of halogens is 1. The minimum Gasteiger partial charge on any atom is -0.385 e.